The van der Waals surface area contributed by atoms with E-state index in [1.165, 1.54) is 30.3 Å². The predicted molar refractivity (Wildman–Crippen MR) is 141 cm³/mol. The molecule has 8 nitrogen and oxygen atoms in total. The van der Waals surface area contributed by atoms with Crippen molar-refractivity contribution >= 4 is 63.1 Å². The number of benzene rings is 3. The second kappa shape index (κ2) is 11.4. The molecule has 0 unspecified atom stereocenters. The number of anilines is 1. The van der Waals surface area contributed by atoms with Gasteiger partial charge in [-0.15, -0.1) is 0 Å². The van der Waals surface area contributed by atoms with Crippen molar-refractivity contribution in [1.29, 1.82) is 0 Å². The lowest BCUT2D eigenvalue weighted by molar-refractivity contribution is -0.122. The smallest absolute Gasteiger partial charge is 0.338 e. The van der Waals surface area contributed by atoms with Gasteiger partial charge in [-0.1, -0.05) is 51.8 Å². The Hall–Kier alpha value is -3.95. The van der Waals surface area contributed by atoms with Crippen LogP contribution in [0.3, 0.4) is 0 Å². The molecule has 3 aromatic carbocycles. The van der Waals surface area contributed by atoms with E-state index in [0.29, 0.717) is 11.3 Å². The predicted octanol–water partition coefficient (Wildman–Crippen LogP) is 5.52. The van der Waals surface area contributed by atoms with Gasteiger partial charge < -0.3 is 9.47 Å². The number of hydrogen-bond donors (Lipinski definition) is 1. The molecule has 1 N–H and O–H groups in total. The summed E-state index contributed by atoms with van der Waals surface area (Å²) >= 11 is 9.85. The highest BCUT2D eigenvalue weighted by atomic mass is 79.9. The molecule has 1 heterocycles. The third-order valence-electron chi connectivity index (χ3n) is 5.35. The molecule has 3 aromatic rings. The Morgan fingerprint density at radius 2 is 1.78 bits per heavy atom. The van der Waals surface area contributed by atoms with E-state index in [2.05, 4.69) is 21.2 Å². The maximum absolute atomic E-state index is 13.1. The number of nitrogens with zero attached hydrogens (tertiary/aromatic N) is 1. The van der Waals surface area contributed by atoms with Gasteiger partial charge in [0.2, 0.25) is 0 Å². The van der Waals surface area contributed by atoms with E-state index in [1.807, 2.05) is 24.3 Å². The van der Waals surface area contributed by atoms with Crippen molar-refractivity contribution in [2.75, 3.05) is 11.5 Å². The number of carbonyl (C=O) groups excluding carboxylic acids is 4. The highest BCUT2D eigenvalue weighted by Crippen LogP contribution is 2.29. The molecule has 0 aliphatic carbocycles. The van der Waals surface area contributed by atoms with Crippen molar-refractivity contribution in [1.82, 2.24) is 5.32 Å². The molecule has 0 spiro atoms. The van der Waals surface area contributed by atoms with Crippen molar-refractivity contribution in [3.05, 3.63) is 98.5 Å². The number of urea groups is 1. The summed E-state index contributed by atoms with van der Waals surface area (Å²) in [5.74, 6) is -1.75. The van der Waals surface area contributed by atoms with Gasteiger partial charge in [-0.25, -0.2) is 14.5 Å². The summed E-state index contributed by atoms with van der Waals surface area (Å²) in [4.78, 5) is 50.8. The number of halogens is 2. The zero-order chi connectivity index (χ0) is 26.5. The van der Waals surface area contributed by atoms with E-state index >= 15 is 0 Å². The molecule has 188 valence electrons. The number of imide groups is 2. The molecule has 10 heteroatoms. The minimum atomic E-state index is -0.898. The van der Waals surface area contributed by atoms with E-state index in [4.69, 9.17) is 21.1 Å². The molecule has 1 saturated heterocycles. The van der Waals surface area contributed by atoms with Crippen LogP contribution in [0.1, 0.15) is 28.4 Å². The summed E-state index contributed by atoms with van der Waals surface area (Å²) in [5.41, 5.74) is 1.59. The Balaban J connectivity index is 1.54. The first-order chi connectivity index (χ1) is 17.8. The standard InChI is InChI=1S/C27H20BrClN2O6/c1-2-36-26(34)17-8-10-19(11-9-17)31-25(33)20(24(32)30-27(31)35)13-16-7-12-23(22(29)14-16)37-15-18-5-3-4-6-21(18)28/h3-14H,2,15H2,1H3,(H,30,32,35)/b20-13+. The Labute approximate surface area is 225 Å². The quantitative estimate of drug-likeness (QED) is 0.223. The molecule has 1 fully saturated rings. The molecule has 1 aliphatic rings. The third-order valence-corrected chi connectivity index (χ3v) is 6.42. The Morgan fingerprint density at radius 1 is 1.05 bits per heavy atom. The summed E-state index contributed by atoms with van der Waals surface area (Å²) in [7, 11) is 0. The number of hydrogen-bond acceptors (Lipinski definition) is 6. The molecule has 0 atom stereocenters. The van der Waals surface area contributed by atoms with Gasteiger partial charge in [0.25, 0.3) is 11.8 Å². The van der Waals surface area contributed by atoms with Crippen molar-refractivity contribution in [2.24, 2.45) is 0 Å². The zero-order valence-electron chi connectivity index (χ0n) is 19.5. The lowest BCUT2D eigenvalue weighted by Crippen LogP contribution is -2.54. The van der Waals surface area contributed by atoms with Gasteiger partial charge >= 0.3 is 12.0 Å². The van der Waals surface area contributed by atoms with Gasteiger partial charge in [-0.05, 0) is 61.0 Å². The second-order valence-electron chi connectivity index (χ2n) is 7.80. The molecule has 0 radical (unpaired) electrons. The summed E-state index contributed by atoms with van der Waals surface area (Å²) in [6.07, 6.45) is 1.34. The van der Waals surface area contributed by atoms with Gasteiger partial charge in [0.1, 0.15) is 17.9 Å². The SMILES string of the molecule is CCOC(=O)c1ccc(N2C(=O)NC(=O)/C(=C\c3ccc(OCc4ccccc4Br)c(Cl)c3)C2=O)cc1. The number of esters is 1. The minimum Gasteiger partial charge on any atom is -0.487 e. The third kappa shape index (κ3) is 5.90. The van der Waals surface area contributed by atoms with E-state index in [0.717, 1.165) is 14.9 Å². The lowest BCUT2D eigenvalue weighted by Gasteiger charge is -2.26. The molecule has 4 amide bonds. The van der Waals surface area contributed by atoms with Gasteiger partial charge in [0.15, 0.2) is 0 Å². The Kier molecular flexibility index (Phi) is 8.05. The number of rotatable bonds is 7. The summed E-state index contributed by atoms with van der Waals surface area (Å²) in [5, 5.41) is 2.45. The largest absolute Gasteiger partial charge is 0.487 e. The fraction of sp³-hybridized carbons (Fsp3) is 0.111. The van der Waals surface area contributed by atoms with Crippen molar-refractivity contribution in [3.63, 3.8) is 0 Å². The molecule has 0 saturated carbocycles. The number of barbiturate groups is 1. The van der Waals surface area contributed by atoms with Crippen molar-refractivity contribution < 1.29 is 28.7 Å². The van der Waals surface area contributed by atoms with Crippen molar-refractivity contribution in [3.8, 4) is 5.75 Å². The average molecular weight is 584 g/mol. The fourth-order valence-corrected chi connectivity index (χ4v) is 4.16. The van der Waals surface area contributed by atoms with Crippen LogP contribution in [0.25, 0.3) is 6.08 Å². The monoisotopic (exact) mass is 582 g/mol. The lowest BCUT2D eigenvalue weighted by atomic mass is 10.1. The van der Waals surface area contributed by atoms with E-state index in [1.54, 1.807) is 25.1 Å². The molecular formula is C27H20BrClN2O6. The molecule has 0 aromatic heterocycles. The first kappa shape index (κ1) is 26.1. The molecular weight excluding hydrogens is 564 g/mol. The Morgan fingerprint density at radius 3 is 2.46 bits per heavy atom. The van der Waals surface area contributed by atoms with Crippen LogP contribution in [-0.2, 0) is 20.9 Å². The normalized spacial score (nSPS) is 14.5. The molecule has 4 rings (SSSR count). The Bertz CT molecular complexity index is 1420. The number of amides is 4. The average Bonchev–Trinajstić information content (AvgIpc) is 2.87. The van der Waals surface area contributed by atoms with Gasteiger partial charge in [0, 0.05) is 10.0 Å². The first-order valence-corrected chi connectivity index (χ1v) is 12.3. The summed E-state index contributed by atoms with van der Waals surface area (Å²) < 4.78 is 11.7. The second-order valence-corrected chi connectivity index (χ2v) is 9.06. The van der Waals surface area contributed by atoms with Crippen LogP contribution in [-0.4, -0.2) is 30.4 Å². The highest BCUT2D eigenvalue weighted by molar-refractivity contribution is 9.10. The first-order valence-electron chi connectivity index (χ1n) is 11.1. The van der Waals surface area contributed by atoms with Crippen LogP contribution < -0.4 is 15.0 Å². The highest BCUT2D eigenvalue weighted by Gasteiger charge is 2.36. The van der Waals surface area contributed by atoms with E-state index in [-0.39, 0.29) is 35.1 Å². The molecule has 37 heavy (non-hydrogen) atoms. The van der Waals surface area contributed by atoms with E-state index < -0.39 is 23.8 Å². The van der Waals surface area contributed by atoms with Crippen molar-refractivity contribution in [2.45, 2.75) is 13.5 Å². The van der Waals surface area contributed by atoms with Gasteiger partial charge in [-0.3, -0.25) is 14.9 Å². The molecule has 0 bridgehead atoms. The van der Waals surface area contributed by atoms with Crippen LogP contribution in [0, 0.1) is 0 Å². The zero-order valence-corrected chi connectivity index (χ0v) is 21.8. The number of ether oxygens (including phenoxy) is 2. The maximum atomic E-state index is 13.1. The van der Waals surface area contributed by atoms with Crippen LogP contribution in [0.5, 0.6) is 5.75 Å². The molecule has 1 aliphatic heterocycles. The van der Waals surface area contributed by atoms with Crippen LogP contribution >= 0.6 is 27.5 Å². The van der Waals surface area contributed by atoms with Crippen LogP contribution in [0.4, 0.5) is 10.5 Å². The number of carbonyl (C=O) groups is 4. The van der Waals surface area contributed by atoms with E-state index in [9.17, 15) is 19.2 Å². The summed E-state index contributed by atoms with van der Waals surface area (Å²) in [6.45, 7) is 2.19. The minimum absolute atomic E-state index is 0.183. The fourth-order valence-electron chi connectivity index (χ4n) is 3.51. The van der Waals surface area contributed by atoms with Gasteiger partial charge in [0.05, 0.1) is 22.9 Å². The van der Waals surface area contributed by atoms with Crippen LogP contribution in [0.15, 0.2) is 76.8 Å². The topological polar surface area (TPSA) is 102 Å². The van der Waals surface area contributed by atoms with Gasteiger partial charge in [-0.2, -0.15) is 0 Å². The summed E-state index contributed by atoms with van der Waals surface area (Å²) in [6, 6.07) is 17.3. The maximum Gasteiger partial charge on any atom is 0.338 e. The van der Waals surface area contributed by atoms with Crippen LogP contribution in [0.2, 0.25) is 5.02 Å². The number of nitrogens with one attached hydrogen (secondary N) is 1.